The van der Waals surface area contributed by atoms with Gasteiger partial charge in [0.15, 0.2) is 0 Å². The summed E-state index contributed by atoms with van der Waals surface area (Å²) in [4.78, 5) is 0. The Morgan fingerprint density at radius 2 is 2.21 bits per heavy atom. The zero-order chi connectivity index (χ0) is 10.6. The number of aromatic nitrogens is 1. The van der Waals surface area contributed by atoms with E-state index < -0.39 is 0 Å². The molecule has 2 N–H and O–H groups in total. The number of rotatable bonds is 5. The van der Waals surface area contributed by atoms with E-state index >= 15 is 0 Å². The highest BCUT2D eigenvalue weighted by molar-refractivity contribution is 5.06. The molecule has 0 amide bonds. The van der Waals surface area contributed by atoms with E-state index in [4.69, 9.17) is 5.11 Å². The number of aryl methyl sites for hydroxylation is 1. The molecule has 0 spiro atoms. The third kappa shape index (κ3) is 2.86. The average Bonchev–Trinajstić information content (AvgIpc) is 2.59. The van der Waals surface area contributed by atoms with Crippen molar-refractivity contribution in [2.45, 2.75) is 26.4 Å². The van der Waals surface area contributed by atoms with E-state index in [2.05, 4.69) is 22.9 Å². The van der Waals surface area contributed by atoms with Crippen molar-refractivity contribution in [3.05, 3.63) is 24.0 Å². The topological polar surface area (TPSA) is 37.2 Å². The van der Waals surface area contributed by atoms with Gasteiger partial charge in [0.2, 0.25) is 0 Å². The molecule has 0 aliphatic rings. The molecule has 0 aromatic carbocycles. The first kappa shape index (κ1) is 11.3. The second-order valence-corrected chi connectivity index (χ2v) is 3.94. The quantitative estimate of drug-likeness (QED) is 0.741. The summed E-state index contributed by atoms with van der Waals surface area (Å²) >= 11 is 0. The molecule has 1 rings (SSSR count). The van der Waals surface area contributed by atoms with E-state index in [1.165, 1.54) is 5.69 Å². The van der Waals surface area contributed by atoms with Gasteiger partial charge in [-0.2, -0.15) is 0 Å². The number of hydrogen-bond donors (Lipinski definition) is 2. The number of hydrogen-bond acceptors (Lipinski definition) is 2. The van der Waals surface area contributed by atoms with Crippen LogP contribution < -0.4 is 5.32 Å². The summed E-state index contributed by atoms with van der Waals surface area (Å²) in [6, 6.07) is 4.48. The molecule has 14 heavy (non-hydrogen) atoms. The molecule has 1 heterocycles. The molecule has 0 fully saturated rings. The molecular formula is C11H20N2O. The third-order valence-electron chi connectivity index (χ3n) is 2.80. The molecule has 0 aliphatic heterocycles. The van der Waals surface area contributed by atoms with Gasteiger partial charge in [-0.1, -0.05) is 6.92 Å². The van der Waals surface area contributed by atoms with Gasteiger partial charge in [0.05, 0.1) is 0 Å². The maximum Gasteiger partial charge on any atom is 0.0471 e. The summed E-state index contributed by atoms with van der Waals surface area (Å²) in [5.74, 6) is 0.301. The van der Waals surface area contributed by atoms with Crippen LogP contribution in [0.15, 0.2) is 18.3 Å². The number of aliphatic hydroxyl groups excluding tert-OH is 1. The van der Waals surface area contributed by atoms with Gasteiger partial charge in [0.1, 0.15) is 0 Å². The van der Waals surface area contributed by atoms with E-state index in [1.54, 1.807) is 0 Å². The van der Waals surface area contributed by atoms with Gasteiger partial charge < -0.3 is 15.0 Å². The Morgan fingerprint density at radius 1 is 1.50 bits per heavy atom. The van der Waals surface area contributed by atoms with Gasteiger partial charge in [0.25, 0.3) is 0 Å². The molecule has 2 atom stereocenters. The Bertz CT molecular complexity index is 270. The maximum absolute atomic E-state index is 8.97. The average molecular weight is 196 g/mol. The van der Waals surface area contributed by atoms with Crippen molar-refractivity contribution < 1.29 is 5.11 Å². The highest BCUT2D eigenvalue weighted by Crippen LogP contribution is 2.04. The molecule has 0 saturated heterocycles. The lowest BCUT2D eigenvalue weighted by Gasteiger charge is -2.19. The van der Waals surface area contributed by atoms with Crippen LogP contribution in [0.5, 0.6) is 0 Å². The first-order chi connectivity index (χ1) is 6.65. The summed E-state index contributed by atoms with van der Waals surface area (Å²) in [5.41, 5.74) is 1.27. The first-order valence-corrected chi connectivity index (χ1v) is 5.09. The zero-order valence-electron chi connectivity index (χ0n) is 9.20. The first-order valence-electron chi connectivity index (χ1n) is 5.09. The van der Waals surface area contributed by atoms with Crippen molar-refractivity contribution in [2.75, 3.05) is 6.61 Å². The molecule has 0 aliphatic carbocycles. The van der Waals surface area contributed by atoms with Crippen LogP contribution in [-0.4, -0.2) is 22.3 Å². The lowest BCUT2D eigenvalue weighted by Crippen LogP contribution is -2.33. The van der Waals surface area contributed by atoms with Gasteiger partial charge in [-0.3, -0.25) is 0 Å². The number of nitrogens with one attached hydrogen (secondary N) is 1. The van der Waals surface area contributed by atoms with Crippen LogP contribution in [0.4, 0.5) is 0 Å². The molecule has 0 saturated carbocycles. The predicted octanol–water partition coefficient (Wildman–Crippen LogP) is 1.13. The molecular weight excluding hydrogens is 176 g/mol. The molecule has 3 heteroatoms. The highest BCUT2D eigenvalue weighted by atomic mass is 16.3. The minimum atomic E-state index is 0.237. The molecule has 2 unspecified atom stereocenters. The normalized spacial score (nSPS) is 15.4. The summed E-state index contributed by atoms with van der Waals surface area (Å²) in [6.45, 7) is 5.24. The summed E-state index contributed by atoms with van der Waals surface area (Å²) in [5, 5.41) is 12.4. The predicted molar refractivity (Wildman–Crippen MR) is 58.0 cm³/mol. The van der Waals surface area contributed by atoms with Crippen molar-refractivity contribution in [3.8, 4) is 0 Å². The lowest BCUT2D eigenvalue weighted by atomic mass is 10.1. The molecule has 3 nitrogen and oxygen atoms in total. The van der Waals surface area contributed by atoms with Gasteiger partial charge in [-0.25, -0.2) is 0 Å². The maximum atomic E-state index is 8.97. The van der Waals surface area contributed by atoms with Crippen LogP contribution in [0.3, 0.4) is 0 Å². The van der Waals surface area contributed by atoms with Gasteiger partial charge in [-0.05, 0) is 25.0 Å². The molecule has 0 bridgehead atoms. The van der Waals surface area contributed by atoms with Crippen molar-refractivity contribution in [2.24, 2.45) is 13.0 Å². The van der Waals surface area contributed by atoms with Crippen LogP contribution in [0.25, 0.3) is 0 Å². The van der Waals surface area contributed by atoms with Crippen molar-refractivity contribution in [1.82, 2.24) is 9.88 Å². The van der Waals surface area contributed by atoms with E-state index in [0.29, 0.717) is 12.0 Å². The van der Waals surface area contributed by atoms with Crippen LogP contribution in [0.2, 0.25) is 0 Å². The third-order valence-corrected chi connectivity index (χ3v) is 2.80. The Hall–Kier alpha value is -0.800. The van der Waals surface area contributed by atoms with Crippen LogP contribution in [0.1, 0.15) is 19.5 Å². The van der Waals surface area contributed by atoms with E-state index in [1.807, 2.05) is 26.2 Å². The fourth-order valence-electron chi connectivity index (χ4n) is 1.30. The zero-order valence-corrected chi connectivity index (χ0v) is 9.20. The summed E-state index contributed by atoms with van der Waals surface area (Å²) < 4.78 is 2.10. The Morgan fingerprint density at radius 3 is 2.71 bits per heavy atom. The van der Waals surface area contributed by atoms with Gasteiger partial charge >= 0.3 is 0 Å². The number of nitrogens with zero attached hydrogens (tertiary/aromatic N) is 1. The largest absolute Gasteiger partial charge is 0.396 e. The Kier molecular flexibility index (Phi) is 4.17. The fourth-order valence-corrected chi connectivity index (χ4v) is 1.30. The monoisotopic (exact) mass is 196 g/mol. The second kappa shape index (κ2) is 5.17. The lowest BCUT2D eigenvalue weighted by molar-refractivity contribution is 0.206. The fraction of sp³-hybridized carbons (Fsp3) is 0.636. The van der Waals surface area contributed by atoms with Crippen molar-refractivity contribution >= 4 is 0 Å². The molecule has 80 valence electrons. The van der Waals surface area contributed by atoms with Crippen molar-refractivity contribution in [1.29, 1.82) is 0 Å². The molecule has 1 aromatic heterocycles. The Labute approximate surface area is 85.7 Å². The van der Waals surface area contributed by atoms with E-state index in [0.717, 1.165) is 6.54 Å². The standard InChI is InChI=1S/C11H20N2O/c1-9(8-14)10(2)12-7-11-5-4-6-13(11)3/h4-6,9-10,12,14H,7-8H2,1-3H3. The van der Waals surface area contributed by atoms with Crippen LogP contribution in [-0.2, 0) is 13.6 Å². The molecule has 1 aromatic rings. The van der Waals surface area contributed by atoms with Gasteiger partial charge in [-0.15, -0.1) is 0 Å². The highest BCUT2D eigenvalue weighted by Gasteiger charge is 2.10. The number of aliphatic hydroxyl groups is 1. The van der Waals surface area contributed by atoms with Gasteiger partial charge in [0, 0.05) is 38.1 Å². The van der Waals surface area contributed by atoms with E-state index in [-0.39, 0.29) is 6.61 Å². The minimum absolute atomic E-state index is 0.237. The summed E-state index contributed by atoms with van der Waals surface area (Å²) in [7, 11) is 2.04. The Balaban J connectivity index is 2.37. The SMILES string of the molecule is CC(CO)C(C)NCc1cccn1C. The smallest absolute Gasteiger partial charge is 0.0471 e. The minimum Gasteiger partial charge on any atom is -0.396 e. The van der Waals surface area contributed by atoms with E-state index in [9.17, 15) is 0 Å². The second-order valence-electron chi connectivity index (χ2n) is 3.94. The molecule has 0 radical (unpaired) electrons. The summed E-state index contributed by atoms with van der Waals surface area (Å²) in [6.07, 6.45) is 2.04. The van der Waals surface area contributed by atoms with Crippen molar-refractivity contribution in [3.63, 3.8) is 0 Å². The van der Waals surface area contributed by atoms with Crippen LogP contribution in [0, 0.1) is 5.92 Å². The van der Waals surface area contributed by atoms with Crippen LogP contribution >= 0.6 is 0 Å².